The van der Waals surface area contributed by atoms with Crippen LogP contribution in [0, 0.1) is 0 Å². The molecule has 0 aromatic carbocycles. The standard InChI is InChI=1S/C4H8NO3STe.Na/c1-4(10)5-2-3-9(6,7)8;/h2-3H2,1H3,(H,6,7,8);/q;+1/p-1. The minimum Gasteiger partial charge on any atom is 1.00 e. The van der Waals surface area contributed by atoms with Crippen LogP contribution in [0.3, 0.4) is 0 Å². The molecule has 0 spiro atoms. The molecule has 59 valence electrons. The van der Waals surface area contributed by atoms with E-state index in [1.165, 1.54) is 0 Å². The Morgan fingerprint density at radius 1 is 1.64 bits per heavy atom. The normalized spacial score (nSPS) is 12.4. The van der Waals surface area contributed by atoms with Gasteiger partial charge < -0.3 is 0 Å². The Morgan fingerprint density at radius 3 is 2.36 bits per heavy atom. The van der Waals surface area contributed by atoms with Crippen molar-refractivity contribution in [2.45, 2.75) is 6.92 Å². The van der Waals surface area contributed by atoms with Gasteiger partial charge >= 0.3 is 103 Å². The molecule has 4 nitrogen and oxygen atoms in total. The molecule has 1 radical (unpaired) electrons. The number of aliphatic imine (C=N–C) groups is 1. The number of nitrogens with zero attached hydrogens (tertiary/aromatic N) is 1. The molecular formula is C4H7NNaO3STe. The smallest absolute Gasteiger partial charge is 1.00 e. The van der Waals surface area contributed by atoms with Gasteiger partial charge in [0, 0.05) is 0 Å². The maximum absolute atomic E-state index is 9.99. The summed E-state index contributed by atoms with van der Waals surface area (Å²) in [4.78, 5) is 3.75. The summed E-state index contributed by atoms with van der Waals surface area (Å²) in [5, 5.41) is 0. The molecule has 0 saturated carbocycles. The van der Waals surface area contributed by atoms with E-state index in [4.69, 9.17) is 0 Å². The van der Waals surface area contributed by atoms with Crippen LogP contribution >= 0.6 is 0 Å². The monoisotopic (exact) mass is 302 g/mol. The van der Waals surface area contributed by atoms with E-state index < -0.39 is 15.9 Å². The van der Waals surface area contributed by atoms with Crippen LogP contribution in [0.25, 0.3) is 0 Å². The van der Waals surface area contributed by atoms with Crippen molar-refractivity contribution in [2.75, 3.05) is 12.3 Å². The average molecular weight is 300 g/mol. The molecule has 0 aliphatic rings. The Labute approximate surface area is 102 Å². The molecule has 0 amide bonds. The first-order valence-electron chi connectivity index (χ1n) is 2.53. The van der Waals surface area contributed by atoms with Crippen LogP contribution in [-0.2, 0) is 10.1 Å². The van der Waals surface area contributed by atoms with Gasteiger partial charge in [0.05, 0.1) is 0 Å². The van der Waals surface area contributed by atoms with E-state index in [1.807, 2.05) is 0 Å². The van der Waals surface area contributed by atoms with Gasteiger partial charge in [0.1, 0.15) is 0 Å². The van der Waals surface area contributed by atoms with Crippen molar-refractivity contribution in [3.05, 3.63) is 0 Å². The van der Waals surface area contributed by atoms with Gasteiger partial charge in [0.2, 0.25) is 0 Å². The molecule has 0 heterocycles. The van der Waals surface area contributed by atoms with E-state index in [0.29, 0.717) is 0 Å². The van der Waals surface area contributed by atoms with Crippen LogP contribution in [0.4, 0.5) is 0 Å². The van der Waals surface area contributed by atoms with Crippen molar-refractivity contribution in [2.24, 2.45) is 4.99 Å². The molecule has 0 aromatic heterocycles. The third-order valence-corrected chi connectivity index (χ3v) is 1.73. The topological polar surface area (TPSA) is 69.6 Å². The van der Waals surface area contributed by atoms with Gasteiger partial charge in [0.25, 0.3) is 0 Å². The van der Waals surface area contributed by atoms with Gasteiger partial charge in [0.15, 0.2) is 0 Å². The molecule has 7 heteroatoms. The summed E-state index contributed by atoms with van der Waals surface area (Å²) in [5.74, 6) is -0.403. The second-order valence-electron chi connectivity index (χ2n) is 1.66. The molecule has 0 atom stereocenters. The van der Waals surface area contributed by atoms with Crippen molar-refractivity contribution in [1.29, 1.82) is 0 Å². The number of hydrogen-bond acceptors (Lipinski definition) is 4. The Balaban J connectivity index is 0. The first kappa shape index (κ1) is 14.9. The van der Waals surface area contributed by atoms with E-state index in [-0.39, 0.29) is 36.1 Å². The molecule has 0 aliphatic heterocycles. The number of rotatable bonds is 3. The van der Waals surface area contributed by atoms with Crippen LogP contribution in [-0.4, -0.2) is 51.3 Å². The van der Waals surface area contributed by atoms with Gasteiger partial charge in [-0.25, -0.2) is 0 Å². The van der Waals surface area contributed by atoms with E-state index >= 15 is 0 Å². The van der Waals surface area contributed by atoms with Crippen molar-refractivity contribution in [3.8, 4) is 0 Å². The van der Waals surface area contributed by atoms with Crippen molar-refractivity contribution in [1.82, 2.24) is 0 Å². The van der Waals surface area contributed by atoms with Crippen LogP contribution in [0.1, 0.15) is 6.92 Å². The first-order chi connectivity index (χ1) is 4.42. The maximum atomic E-state index is 9.99. The molecule has 0 N–H and O–H groups in total. The molecule has 0 aliphatic carbocycles. The van der Waals surface area contributed by atoms with Crippen molar-refractivity contribution >= 4 is 36.2 Å². The molecule has 0 aromatic rings. The van der Waals surface area contributed by atoms with Crippen LogP contribution in [0.2, 0.25) is 0 Å². The van der Waals surface area contributed by atoms with E-state index in [1.54, 1.807) is 29.2 Å². The molecule has 11 heavy (non-hydrogen) atoms. The van der Waals surface area contributed by atoms with Crippen molar-refractivity contribution < 1.29 is 42.5 Å². The fraction of sp³-hybridized carbons (Fsp3) is 0.750. The largest absolute Gasteiger partial charge is 1.00 e. The Morgan fingerprint density at radius 2 is 2.09 bits per heavy atom. The molecule has 0 rings (SSSR count). The molecule has 0 unspecified atom stereocenters. The minimum atomic E-state index is -4.08. The van der Waals surface area contributed by atoms with E-state index in [2.05, 4.69) is 4.99 Å². The van der Waals surface area contributed by atoms with Gasteiger partial charge in [-0.2, -0.15) is 0 Å². The summed E-state index contributed by atoms with van der Waals surface area (Å²) in [6.45, 7) is 1.83. The summed E-state index contributed by atoms with van der Waals surface area (Å²) in [7, 11) is -4.08. The van der Waals surface area contributed by atoms with Gasteiger partial charge in [-0.3, -0.25) is 0 Å². The second kappa shape index (κ2) is 6.84. The van der Waals surface area contributed by atoms with Crippen LogP contribution in [0.5, 0.6) is 0 Å². The summed E-state index contributed by atoms with van der Waals surface area (Å²) in [5.41, 5.74) is 0. The molecule has 0 fully saturated rings. The van der Waals surface area contributed by atoms with Gasteiger partial charge in [-0.05, 0) is 0 Å². The fourth-order valence-corrected chi connectivity index (χ4v) is 0.890. The van der Waals surface area contributed by atoms with Gasteiger partial charge in [-0.15, -0.1) is 0 Å². The Kier molecular flexibility index (Phi) is 9.25. The SMILES string of the molecule is CC([Te])=NCCS(=O)(=O)[O-].[Na+]. The molecule has 0 bridgehead atoms. The Hall–Kier alpha value is 1.37. The number of hydrogen-bond donors (Lipinski definition) is 0. The quantitative estimate of drug-likeness (QED) is 0.304. The Bertz CT molecular complexity index is 221. The zero-order valence-electron chi connectivity index (χ0n) is 6.40. The molecule has 0 saturated heterocycles. The van der Waals surface area contributed by atoms with Gasteiger partial charge in [-0.1, -0.05) is 0 Å². The predicted molar refractivity (Wildman–Crippen MR) is 38.3 cm³/mol. The fourth-order valence-electron chi connectivity index (χ4n) is 0.315. The van der Waals surface area contributed by atoms with Crippen LogP contribution in [0.15, 0.2) is 4.99 Å². The molecular weight excluding hydrogens is 293 g/mol. The third kappa shape index (κ3) is 14.2. The van der Waals surface area contributed by atoms with Crippen LogP contribution < -0.4 is 29.6 Å². The summed E-state index contributed by atoms with van der Waals surface area (Å²) >= 11 is 1.68. The second-order valence-corrected chi connectivity index (χ2v) is 4.87. The van der Waals surface area contributed by atoms with Crippen molar-refractivity contribution in [3.63, 3.8) is 0 Å². The van der Waals surface area contributed by atoms with E-state index in [9.17, 15) is 13.0 Å². The van der Waals surface area contributed by atoms with E-state index in [0.717, 1.165) is 3.76 Å². The summed E-state index contributed by atoms with van der Waals surface area (Å²) < 4.78 is 30.8. The average Bonchev–Trinajstić information content (AvgIpc) is 1.59. The zero-order chi connectivity index (χ0) is 8.20. The summed E-state index contributed by atoms with van der Waals surface area (Å²) in [6, 6.07) is 0. The zero-order valence-corrected chi connectivity index (χ0v) is 11.5. The maximum Gasteiger partial charge on any atom is 1.00 e. The first-order valence-corrected chi connectivity index (χ1v) is 5.28. The summed E-state index contributed by atoms with van der Waals surface area (Å²) in [6.07, 6.45) is 0. The predicted octanol–water partition coefficient (Wildman–Crippen LogP) is -3.88. The minimum absolute atomic E-state index is 0. The third-order valence-electron chi connectivity index (χ3n) is 0.676.